The zero-order valence-electron chi connectivity index (χ0n) is 19.8. The summed E-state index contributed by atoms with van der Waals surface area (Å²) < 4.78 is 18.1. The number of carbonyl (C=O) groups is 1. The summed E-state index contributed by atoms with van der Waals surface area (Å²) in [5.41, 5.74) is 1.84. The predicted octanol–water partition coefficient (Wildman–Crippen LogP) is 5.62. The number of rotatable bonds is 7. The molecule has 1 N–H and O–H groups in total. The van der Waals surface area contributed by atoms with Crippen molar-refractivity contribution in [2.45, 2.75) is 13.5 Å². The highest BCUT2D eigenvalue weighted by Gasteiger charge is 2.22. The molecule has 1 aromatic heterocycles. The molecule has 7 nitrogen and oxygen atoms in total. The minimum absolute atomic E-state index is 0.187. The molecule has 0 aliphatic rings. The summed E-state index contributed by atoms with van der Waals surface area (Å²) in [5.74, 6) is 1.03. The van der Waals surface area contributed by atoms with Crippen LogP contribution in [0.2, 0.25) is 5.02 Å². The summed E-state index contributed by atoms with van der Waals surface area (Å²) in [5, 5.41) is 4.08. The monoisotopic (exact) mass is 492 g/mol. The van der Waals surface area contributed by atoms with Crippen molar-refractivity contribution in [2.24, 2.45) is 0 Å². The number of para-hydroxylation sites is 1. The lowest BCUT2D eigenvalue weighted by molar-refractivity contribution is 0.102. The molecule has 4 rings (SSSR count). The number of fused-ring (bicyclic) bond motifs is 1. The molecule has 0 radical (unpaired) electrons. The molecule has 4 aromatic rings. The van der Waals surface area contributed by atoms with Gasteiger partial charge in [0.15, 0.2) is 16.9 Å². The summed E-state index contributed by atoms with van der Waals surface area (Å²) in [4.78, 5) is 27.2. The van der Waals surface area contributed by atoms with Gasteiger partial charge in [0.25, 0.3) is 5.91 Å². The van der Waals surface area contributed by atoms with Crippen molar-refractivity contribution in [3.8, 4) is 28.4 Å². The van der Waals surface area contributed by atoms with Gasteiger partial charge in [0, 0.05) is 22.5 Å². The van der Waals surface area contributed by atoms with Gasteiger partial charge in [0.05, 0.1) is 32.4 Å². The number of amides is 1. The van der Waals surface area contributed by atoms with E-state index in [2.05, 4.69) is 5.32 Å². The van der Waals surface area contributed by atoms with Crippen molar-refractivity contribution in [1.82, 2.24) is 4.57 Å². The van der Waals surface area contributed by atoms with Gasteiger partial charge in [0.2, 0.25) is 5.75 Å². The molecule has 0 unspecified atom stereocenters. The van der Waals surface area contributed by atoms with E-state index in [1.807, 2.05) is 29.7 Å². The van der Waals surface area contributed by atoms with Gasteiger partial charge < -0.3 is 24.1 Å². The predicted molar refractivity (Wildman–Crippen MR) is 138 cm³/mol. The molecule has 0 bridgehead atoms. The first-order valence-corrected chi connectivity index (χ1v) is 11.3. The number of methoxy groups -OCH3 is 3. The quantitative estimate of drug-likeness (QED) is 0.362. The molecule has 8 heteroatoms. The first-order chi connectivity index (χ1) is 16.9. The van der Waals surface area contributed by atoms with Crippen molar-refractivity contribution in [2.75, 3.05) is 26.6 Å². The smallest absolute Gasteiger partial charge is 0.257 e. The van der Waals surface area contributed by atoms with Gasteiger partial charge in [-0.05, 0) is 48.9 Å². The number of anilines is 1. The highest BCUT2D eigenvalue weighted by atomic mass is 35.5. The zero-order valence-corrected chi connectivity index (χ0v) is 20.6. The fraction of sp³-hybridized carbons (Fsp3) is 0.185. The van der Waals surface area contributed by atoms with E-state index in [0.29, 0.717) is 51.1 Å². The average molecular weight is 493 g/mol. The van der Waals surface area contributed by atoms with Crippen LogP contribution in [0.3, 0.4) is 0 Å². The largest absolute Gasteiger partial charge is 0.493 e. The topological polar surface area (TPSA) is 78.8 Å². The first kappa shape index (κ1) is 24.2. The van der Waals surface area contributed by atoms with Gasteiger partial charge in [-0.25, -0.2) is 0 Å². The molecule has 0 spiro atoms. The minimum atomic E-state index is -0.434. The Morgan fingerprint density at radius 1 is 0.943 bits per heavy atom. The maximum absolute atomic E-state index is 13.7. The van der Waals surface area contributed by atoms with E-state index < -0.39 is 5.91 Å². The number of ether oxygens (including phenoxy) is 3. The molecule has 0 fully saturated rings. The average Bonchev–Trinajstić information content (AvgIpc) is 2.89. The number of halogens is 1. The molecule has 0 aliphatic carbocycles. The number of nitrogens with one attached hydrogen (secondary N) is 1. The Balaban J connectivity index is 1.94. The van der Waals surface area contributed by atoms with E-state index in [4.69, 9.17) is 25.8 Å². The first-order valence-electron chi connectivity index (χ1n) is 11.0. The van der Waals surface area contributed by atoms with Crippen LogP contribution in [-0.4, -0.2) is 31.8 Å². The number of carbonyl (C=O) groups excluding carboxylic acids is 1. The fourth-order valence-electron chi connectivity index (χ4n) is 4.13. The Hall–Kier alpha value is -3.97. The molecule has 180 valence electrons. The third kappa shape index (κ3) is 4.42. The van der Waals surface area contributed by atoms with Gasteiger partial charge >= 0.3 is 0 Å². The fourth-order valence-corrected chi connectivity index (χ4v) is 4.26. The normalized spacial score (nSPS) is 10.8. The van der Waals surface area contributed by atoms with E-state index >= 15 is 0 Å². The van der Waals surface area contributed by atoms with Crippen molar-refractivity contribution < 1.29 is 19.0 Å². The van der Waals surface area contributed by atoms with Crippen molar-refractivity contribution >= 4 is 34.2 Å². The van der Waals surface area contributed by atoms with Crippen LogP contribution in [0.5, 0.6) is 17.2 Å². The summed E-state index contributed by atoms with van der Waals surface area (Å²) >= 11 is 6.09. The van der Waals surface area contributed by atoms with Gasteiger partial charge in [-0.1, -0.05) is 35.9 Å². The SMILES string of the molecule is CCn1c(NC(=O)c2cc(OC)c(OC)c(OC)c2)c(-c2ccc(Cl)cc2)c(=O)c2ccccc21. The standard InChI is InChI=1S/C27H25ClN2O5/c1-5-30-20-9-7-6-8-19(20)24(31)23(16-10-12-18(28)13-11-16)26(30)29-27(32)17-14-21(33-2)25(35-4)22(15-17)34-3/h6-15H,5H2,1-4H3,(H,29,32). The van der Waals surface area contributed by atoms with Gasteiger partial charge in [-0.15, -0.1) is 0 Å². The molecule has 0 atom stereocenters. The Morgan fingerprint density at radius 3 is 2.14 bits per heavy atom. The van der Waals surface area contributed by atoms with E-state index in [-0.39, 0.29) is 11.0 Å². The molecule has 0 saturated carbocycles. The van der Waals surface area contributed by atoms with Crippen LogP contribution in [0.15, 0.2) is 65.5 Å². The van der Waals surface area contributed by atoms with Crippen LogP contribution in [0.25, 0.3) is 22.0 Å². The number of aromatic nitrogens is 1. The number of nitrogens with zero attached hydrogens (tertiary/aromatic N) is 1. The van der Waals surface area contributed by atoms with Crippen LogP contribution in [0.4, 0.5) is 5.82 Å². The number of aryl methyl sites for hydroxylation is 1. The Morgan fingerprint density at radius 2 is 1.57 bits per heavy atom. The summed E-state index contributed by atoms with van der Waals surface area (Å²) in [6.45, 7) is 2.48. The maximum atomic E-state index is 13.7. The lowest BCUT2D eigenvalue weighted by Crippen LogP contribution is -2.22. The number of hydrogen-bond acceptors (Lipinski definition) is 5. The van der Waals surface area contributed by atoms with E-state index in [0.717, 1.165) is 5.52 Å². The second-order valence-corrected chi connectivity index (χ2v) is 8.13. The molecule has 1 amide bonds. The highest BCUT2D eigenvalue weighted by molar-refractivity contribution is 6.30. The van der Waals surface area contributed by atoms with Crippen LogP contribution in [0, 0.1) is 0 Å². The van der Waals surface area contributed by atoms with Crippen LogP contribution in [-0.2, 0) is 6.54 Å². The lowest BCUT2D eigenvalue weighted by atomic mass is 10.0. The van der Waals surface area contributed by atoms with Crippen molar-refractivity contribution in [1.29, 1.82) is 0 Å². The van der Waals surface area contributed by atoms with Crippen LogP contribution >= 0.6 is 11.6 Å². The molecule has 3 aromatic carbocycles. The molecular formula is C27H25ClN2O5. The second kappa shape index (κ2) is 10.1. The molecule has 1 heterocycles. The Labute approximate surface area is 207 Å². The molecule has 0 aliphatic heterocycles. The van der Waals surface area contributed by atoms with Gasteiger partial charge in [-0.2, -0.15) is 0 Å². The van der Waals surface area contributed by atoms with E-state index in [1.54, 1.807) is 42.5 Å². The van der Waals surface area contributed by atoms with E-state index in [1.165, 1.54) is 21.3 Å². The van der Waals surface area contributed by atoms with E-state index in [9.17, 15) is 9.59 Å². The highest BCUT2D eigenvalue weighted by Crippen LogP contribution is 2.38. The van der Waals surface area contributed by atoms with Gasteiger partial charge in [0.1, 0.15) is 5.82 Å². The lowest BCUT2D eigenvalue weighted by Gasteiger charge is -2.21. The molecule has 0 saturated heterocycles. The number of benzene rings is 3. The minimum Gasteiger partial charge on any atom is -0.493 e. The Bertz CT molecular complexity index is 1440. The second-order valence-electron chi connectivity index (χ2n) is 7.69. The summed E-state index contributed by atoms with van der Waals surface area (Å²) in [6, 6.07) is 17.4. The molecular weight excluding hydrogens is 468 g/mol. The van der Waals surface area contributed by atoms with Crippen molar-refractivity contribution in [3.63, 3.8) is 0 Å². The summed E-state index contributed by atoms with van der Waals surface area (Å²) in [7, 11) is 4.46. The van der Waals surface area contributed by atoms with Crippen LogP contribution < -0.4 is 25.0 Å². The third-order valence-electron chi connectivity index (χ3n) is 5.78. The summed E-state index contributed by atoms with van der Waals surface area (Å²) in [6.07, 6.45) is 0. The van der Waals surface area contributed by atoms with Gasteiger partial charge in [-0.3, -0.25) is 9.59 Å². The number of pyridine rings is 1. The molecule has 35 heavy (non-hydrogen) atoms. The van der Waals surface area contributed by atoms with Crippen molar-refractivity contribution in [3.05, 3.63) is 81.5 Å². The number of hydrogen-bond donors (Lipinski definition) is 1. The third-order valence-corrected chi connectivity index (χ3v) is 6.03. The zero-order chi connectivity index (χ0) is 25.1. The maximum Gasteiger partial charge on any atom is 0.257 e. The Kier molecular flexibility index (Phi) is 6.98. The van der Waals surface area contributed by atoms with Crippen LogP contribution in [0.1, 0.15) is 17.3 Å².